The van der Waals surface area contributed by atoms with Crippen molar-refractivity contribution >= 4 is 11.8 Å². The second kappa shape index (κ2) is 5.31. The van der Waals surface area contributed by atoms with Crippen LogP contribution in [0.5, 0.6) is 0 Å². The largest absolute Gasteiger partial charge is 0.477 e. The number of aryl methyl sites for hydroxylation is 1. The molecule has 2 rings (SSSR count). The van der Waals surface area contributed by atoms with Crippen molar-refractivity contribution in [1.29, 1.82) is 0 Å². The number of pyridine rings is 1. The van der Waals surface area contributed by atoms with Crippen LogP contribution in [0.3, 0.4) is 0 Å². The fraction of sp³-hybridized carbons (Fsp3) is 0.250. The zero-order valence-electron chi connectivity index (χ0n) is 9.88. The van der Waals surface area contributed by atoms with Gasteiger partial charge in [0, 0.05) is 19.0 Å². The van der Waals surface area contributed by atoms with Crippen molar-refractivity contribution in [1.82, 2.24) is 10.1 Å². The Balaban J connectivity index is 1.90. The maximum atomic E-state index is 10.7. The Labute approximate surface area is 104 Å². The quantitative estimate of drug-likeness (QED) is 0.836. The number of carbonyl (C=O) groups is 1. The van der Waals surface area contributed by atoms with Crippen molar-refractivity contribution in [3.63, 3.8) is 0 Å². The summed E-state index contributed by atoms with van der Waals surface area (Å²) in [5.41, 5.74) is 0.867. The van der Waals surface area contributed by atoms with Gasteiger partial charge in [0.2, 0.25) is 0 Å². The van der Waals surface area contributed by atoms with Crippen molar-refractivity contribution in [3.05, 3.63) is 41.4 Å². The van der Waals surface area contributed by atoms with E-state index in [2.05, 4.69) is 15.5 Å². The normalized spacial score (nSPS) is 10.3. The van der Waals surface area contributed by atoms with E-state index in [9.17, 15) is 4.79 Å². The van der Waals surface area contributed by atoms with Crippen LogP contribution in [0.25, 0.3) is 0 Å². The molecule has 0 aliphatic rings. The Hall–Kier alpha value is -2.37. The third kappa shape index (κ3) is 3.07. The molecule has 6 nitrogen and oxygen atoms in total. The molecule has 0 fully saturated rings. The second-order valence-corrected chi connectivity index (χ2v) is 3.82. The summed E-state index contributed by atoms with van der Waals surface area (Å²) in [6, 6.07) is 6.69. The van der Waals surface area contributed by atoms with Crippen LogP contribution < -0.4 is 5.32 Å². The van der Waals surface area contributed by atoms with Gasteiger partial charge in [-0.2, -0.15) is 0 Å². The topological polar surface area (TPSA) is 88.2 Å². The minimum absolute atomic E-state index is 0.0236. The van der Waals surface area contributed by atoms with Crippen molar-refractivity contribution in [3.8, 4) is 0 Å². The van der Waals surface area contributed by atoms with E-state index in [1.54, 1.807) is 12.1 Å². The zero-order valence-corrected chi connectivity index (χ0v) is 9.88. The maximum absolute atomic E-state index is 10.7. The molecule has 0 saturated carbocycles. The highest BCUT2D eigenvalue weighted by atomic mass is 16.5. The molecule has 6 heteroatoms. The van der Waals surface area contributed by atoms with Gasteiger partial charge in [0.05, 0.1) is 5.69 Å². The summed E-state index contributed by atoms with van der Waals surface area (Å²) in [6.07, 6.45) is 0.666. The standard InChI is InChI=1S/C12H13N3O3/c1-8-7-9(18-15-8)5-6-13-11-4-2-3-10(14-11)12(16)17/h2-4,7H,5-6H2,1H3,(H,13,14)(H,16,17). The van der Waals surface area contributed by atoms with Crippen molar-refractivity contribution in [2.45, 2.75) is 13.3 Å². The van der Waals surface area contributed by atoms with Gasteiger partial charge in [-0.1, -0.05) is 11.2 Å². The van der Waals surface area contributed by atoms with Crippen molar-refractivity contribution < 1.29 is 14.4 Å². The molecular formula is C12H13N3O3. The number of hydrogen-bond acceptors (Lipinski definition) is 5. The lowest BCUT2D eigenvalue weighted by Crippen LogP contribution is -2.08. The van der Waals surface area contributed by atoms with Crippen LogP contribution >= 0.6 is 0 Å². The number of aromatic nitrogens is 2. The lowest BCUT2D eigenvalue weighted by Gasteiger charge is -2.04. The van der Waals surface area contributed by atoms with Gasteiger partial charge in [-0.25, -0.2) is 9.78 Å². The molecule has 0 bridgehead atoms. The Bertz CT molecular complexity index is 551. The molecule has 94 valence electrons. The first kappa shape index (κ1) is 12.1. The Morgan fingerprint density at radius 1 is 1.50 bits per heavy atom. The minimum Gasteiger partial charge on any atom is -0.477 e. The third-order valence-electron chi connectivity index (χ3n) is 2.32. The average molecular weight is 247 g/mol. The number of anilines is 1. The number of hydrogen-bond donors (Lipinski definition) is 2. The van der Waals surface area contributed by atoms with Gasteiger partial charge in [0.25, 0.3) is 0 Å². The molecule has 0 spiro atoms. The van der Waals surface area contributed by atoms with Crippen LogP contribution in [-0.4, -0.2) is 27.8 Å². The molecule has 0 unspecified atom stereocenters. The van der Waals surface area contributed by atoms with Crippen LogP contribution in [0, 0.1) is 6.92 Å². The van der Waals surface area contributed by atoms with Gasteiger partial charge < -0.3 is 14.9 Å². The first-order valence-electron chi connectivity index (χ1n) is 5.51. The molecular weight excluding hydrogens is 234 g/mol. The molecule has 0 aromatic carbocycles. The number of nitrogens with zero attached hydrogens (tertiary/aromatic N) is 2. The van der Waals surface area contributed by atoms with E-state index in [1.807, 2.05) is 13.0 Å². The summed E-state index contributed by atoms with van der Waals surface area (Å²) in [7, 11) is 0. The summed E-state index contributed by atoms with van der Waals surface area (Å²) in [5, 5.41) is 15.6. The summed E-state index contributed by atoms with van der Waals surface area (Å²) < 4.78 is 5.06. The summed E-state index contributed by atoms with van der Waals surface area (Å²) >= 11 is 0. The van der Waals surface area contributed by atoms with E-state index >= 15 is 0 Å². The van der Waals surface area contributed by atoms with Gasteiger partial charge >= 0.3 is 5.97 Å². The number of aromatic carboxylic acids is 1. The van der Waals surface area contributed by atoms with Crippen molar-refractivity contribution in [2.24, 2.45) is 0 Å². The molecule has 2 aromatic heterocycles. The van der Waals surface area contributed by atoms with E-state index in [4.69, 9.17) is 9.63 Å². The number of rotatable bonds is 5. The highest BCUT2D eigenvalue weighted by Crippen LogP contribution is 2.06. The van der Waals surface area contributed by atoms with Crippen LogP contribution in [0.4, 0.5) is 5.82 Å². The molecule has 2 heterocycles. The first-order chi connectivity index (χ1) is 8.65. The van der Waals surface area contributed by atoms with Gasteiger partial charge in [0.1, 0.15) is 11.6 Å². The lowest BCUT2D eigenvalue weighted by atomic mass is 10.3. The number of nitrogens with one attached hydrogen (secondary N) is 1. The SMILES string of the molecule is Cc1cc(CCNc2cccc(C(=O)O)n2)on1. The molecule has 0 atom stereocenters. The lowest BCUT2D eigenvalue weighted by molar-refractivity contribution is 0.0690. The molecule has 0 radical (unpaired) electrons. The van der Waals surface area contributed by atoms with Crippen LogP contribution in [-0.2, 0) is 6.42 Å². The Morgan fingerprint density at radius 2 is 2.33 bits per heavy atom. The smallest absolute Gasteiger partial charge is 0.354 e. The van der Waals surface area contributed by atoms with Gasteiger partial charge in [0.15, 0.2) is 5.69 Å². The number of carboxylic acids is 1. The zero-order chi connectivity index (χ0) is 13.0. The molecule has 0 saturated heterocycles. The minimum atomic E-state index is -1.04. The highest BCUT2D eigenvalue weighted by molar-refractivity contribution is 5.85. The Morgan fingerprint density at radius 3 is 3.00 bits per heavy atom. The molecule has 0 aliphatic heterocycles. The predicted octanol–water partition coefficient (Wildman–Crippen LogP) is 1.73. The van der Waals surface area contributed by atoms with E-state index < -0.39 is 5.97 Å². The molecule has 0 aliphatic carbocycles. The van der Waals surface area contributed by atoms with Gasteiger partial charge in [-0.15, -0.1) is 0 Å². The van der Waals surface area contributed by atoms with Crippen LogP contribution in [0.15, 0.2) is 28.8 Å². The first-order valence-corrected chi connectivity index (χ1v) is 5.51. The molecule has 2 aromatic rings. The average Bonchev–Trinajstić information content (AvgIpc) is 2.75. The monoisotopic (exact) mass is 247 g/mol. The molecule has 2 N–H and O–H groups in total. The summed E-state index contributed by atoms with van der Waals surface area (Å²) in [4.78, 5) is 14.7. The fourth-order valence-electron chi connectivity index (χ4n) is 1.50. The van der Waals surface area contributed by atoms with Gasteiger partial charge in [-0.05, 0) is 19.1 Å². The second-order valence-electron chi connectivity index (χ2n) is 3.82. The molecule has 18 heavy (non-hydrogen) atoms. The molecule has 0 amide bonds. The van der Waals surface area contributed by atoms with Gasteiger partial charge in [-0.3, -0.25) is 0 Å². The Kier molecular flexibility index (Phi) is 3.57. The van der Waals surface area contributed by atoms with E-state index in [0.717, 1.165) is 11.5 Å². The summed E-state index contributed by atoms with van der Waals surface area (Å²) in [5.74, 6) is 0.282. The third-order valence-corrected chi connectivity index (χ3v) is 2.32. The predicted molar refractivity (Wildman–Crippen MR) is 64.6 cm³/mol. The van der Waals surface area contributed by atoms with E-state index in [-0.39, 0.29) is 5.69 Å². The summed E-state index contributed by atoms with van der Waals surface area (Å²) in [6.45, 7) is 2.46. The van der Waals surface area contributed by atoms with Crippen molar-refractivity contribution in [2.75, 3.05) is 11.9 Å². The fourth-order valence-corrected chi connectivity index (χ4v) is 1.50. The van der Waals surface area contributed by atoms with E-state index in [1.165, 1.54) is 6.07 Å². The maximum Gasteiger partial charge on any atom is 0.354 e. The van der Waals surface area contributed by atoms with Crippen LogP contribution in [0.2, 0.25) is 0 Å². The number of carboxylic acid groups (broad SMARTS) is 1. The highest BCUT2D eigenvalue weighted by Gasteiger charge is 2.05. The van der Waals surface area contributed by atoms with E-state index in [0.29, 0.717) is 18.8 Å². The van der Waals surface area contributed by atoms with Crippen LogP contribution in [0.1, 0.15) is 21.9 Å².